The Morgan fingerprint density at radius 3 is 2.86 bits per heavy atom. The molecule has 0 spiro atoms. The number of H-pyrrole nitrogens is 1. The van der Waals surface area contributed by atoms with E-state index in [4.69, 9.17) is 4.42 Å². The highest BCUT2D eigenvalue weighted by atomic mass is 19.1. The molecule has 1 saturated heterocycles. The van der Waals surface area contributed by atoms with Crippen molar-refractivity contribution in [3.05, 3.63) is 70.4 Å². The van der Waals surface area contributed by atoms with Crippen molar-refractivity contribution in [1.82, 2.24) is 20.1 Å². The maximum absolute atomic E-state index is 13.1. The highest BCUT2D eigenvalue weighted by Crippen LogP contribution is 2.33. The molecule has 2 aromatic heterocycles. The third-order valence-corrected chi connectivity index (χ3v) is 5.33. The molecule has 146 valence electrons. The second kappa shape index (κ2) is 7.58. The first kappa shape index (κ1) is 18.4. The van der Waals surface area contributed by atoms with Crippen LogP contribution in [-0.4, -0.2) is 32.5 Å². The van der Waals surface area contributed by atoms with Crippen molar-refractivity contribution >= 4 is 5.91 Å². The van der Waals surface area contributed by atoms with Gasteiger partial charge in [-0.2, -0.15) is 5.10 Å². The van der Waals surface area contributed by atoms with Gasteiger partial charge in [-0.15, -0.1) is 0 Å². The molecule has 4 rings (SSSR count). The molecular weight excluding hydrogens is 359 g/mol. The lowest BCUT2D eigenvalue weighted by atomic mass is 10.1. The van der Waals surface area contributed by atoms with Crippen LogP contribution in [0.5, 0.6) is 0 Å². The number of halogens is 1. The number of benzene rings is 1. The third-order valence-electron chi connectivity index (χ3n) is 5.33. The lowest BCUT2D eigenvalue weighted by molar-refractivity contribution is 0.0708. The molecule has 1 N–H and O–H groups in total. The van der Waals surface area contributed by atoms with Crippen molar-refractivity contribution in [2.45, 2.75) is 45.6 Å². The predicted molar refractivity (Wildman–Crippen MR) is 101 cm³/mol. The topological polar surface area (TPSA) is 75.0 Å². The predicted octanol–water partition coefficient (Wildman–Crippen LogP) is 3.98. The number of nitrogens with zero attached hydrogens (tertiary/aromatic N) is 3. The van der Waals surface area contributed by atoms with Crippen molar-refractivity contribution < 1.29 is 13.6 Å². The molecular formula is C21H23FN4O2. The molecule has 1 fully saturated rings. The first-order valence-corrected chi connectivity index (χ1v) is 9.60. The van der Waals surface area contributed by atoms with Gasteiger partial charge in [-0.1, -0.05) is 19.1 Å². The zero-order valence-corrected chi connectivity index (χ0v) is 16.0. The summed E-state index contributed by atoms with van der Waals surface area (Å²) < 4.78 is 19.0. The van der Waals surface area contributed by atoms with E-state index in [2.05, 4.69) is 15.2 Å². The van der Waals surface area contributed by atoms with Crippen LogP contribution in [0.3, 0.4) is 0 Å². The van der Waals surface area contributed by atoms with E-state index in [9.17, 15) is 9.18 Å². The van der Waals surface area contributed by atoms with Gasteiger partial charge in [-0.3, -0.25) is 9.89 Å². The van der Waals surface area contributed by atoms with Crippen LogP contribution in [0.1, 0.15) is 64.8 Å². The Bertz CT molecular complexity index is 977. The molecule has 28 heavy (non-hydrogen) atoms. The van der Waals surface area contributed by atoms with Gasteiger partial charge in [0, 0.05) is 24.2 Å². The SMILES string of the molecule is CCc1[nH]nc(C(=O)N2CCC[C@H]2c2ncc(Cc3ccc(F)cc3)o2)c1C. The van der Waals surface area contributed by atoms with Crippen molar-refractivity contribution in [2.75, 3.05) is 6.54 Å². The van der Waals surface area contributed by atoms with Gasteiger partial charge in [-0.25, -0.2) is 9.37 Å². The Labute approximate surface area is 162 Å². The Morgan fingerprint density at radius 2 is 2.14 bits per heavy atom. The van der Waals surface area contributed by atoms with Gasteiger partial charge < -0.3 is 9.32 Å². The molecule has 1 atom stereocenters. The van der Waals surface area contributed by atoms with Gasteiger partial charge in [-0.05, 0) is 43.9 Å². The molecule has 0 unspecified atom stereocenters. The van der Waals surface area contributed by atoms with Gasteiger partial charge in [0.05, 0.1) is 6.20 Å². The smallest absolute Gasteiger partial charge is 0.275 e. The normalized spacial score (nSPS) is 16.7. The van der Waals surface area contributed by atoms with E-state index in [0.717, 1.165) is 36.1 Å². The standard InChI is InChI=1S/C21H23FN4O2/c1-3-17-13(2)19(25-24-17)21(27)26-10-4-5-18(26)20-23-12-16(28-20)11-14-6-8-15(22)9-7-14/h6-9,12,18H,3-5,10-11H2,1-2H3,(H,24,25)/t18-/m0/s1. The van der Waals surface area contributed by atoms with Crippen molar-refractivity contribution in [3.8, 4) is 0 Å². The number of likely N-dealkylation sites (tertiary alicyclic amines) is 1. The number of oxazole rings is 1. The Morgan fingerprint density at radius 1 is 1.36 bits per heavy atom. The molecule has 6 nitrogen and oxygen atoms in total. The molecule has 7 heteroatoms. The fourth-order valence-electron chi connectivity index (χ4n) is 3.75. The fraction of sp³-hybridized carbons (Fsp3) is 0.381. The highest BCUT2D eigenvalue weighted by Gasteiger charge is 2.35. The van der Waals surface area contributed by atoms with Crippen LogP contribution in [0.2, 0.25) is 0 Å². The first-order valence-electron chi connectivity index (χ1n) is 9.60. The average molecular weight is 382 g/mol. The number of nitrogens with one attached hydrogen (secondary N) is 1. The summed E-state index contributed by atoms with van der Waals surface area (Å²) in [5, 5.41) is 7.18. The summed E-state index contributed by atoms with van der Waals surface area (Å²) in [6, 6.07) is 6.14. The van der Waals surface area contributed by atoms with Gasteiger partial charge in [0.2, 0.25) is 5.89 Å². The molecule has 1 amide bonds. The second-order valence-electron chi connectivity index (χ2n) is 7.15. The molecule has 3 heterocycles. The fourth-order valence-corrected chi connectivity index (χ4v) is 3.75. The Kier molecular flexibility index (Phi) is 4.98. The molecule has 1 aliphatic heterocycles. The van der Waals surface area contributed by atoms with Gasteiger partial charge in [0.1, 0.15) is 17.6 Å². The molecule has 3 aromatic rings. The van der Waals surface area contributed by atoms with Crippen LogP contribution >= 0.6 is 0 Å². The number of hydrogen-bond donors (Lipinski definition) is 1. The zero-order chi connectivity index (χ0) is 19.7. The molecule has 0 bridgehead atoms. The Balaban J connectivity index is 1.52. The lowest BCUT2D eigenvalue weighted by Gasteiger charge is -2.21. The minimum Gasteiger partial charge on any atom is -0.443 e. The van der Waals surface area contributed by atoms with Gasteiger partial charge >= 0.3 is 0 Å². The van der Waals surface area contributed by atoms with E-state index < -0.39 is 0 Å². The minimum atomic E-state index is -0.262. The monoisotopic (exact) mass is 382 g/mol. The summed E-state index contributed by atoms with van der Waals surface area (Å²) in [5.74, 6) is 0.897. The van der Waals surface area contributed by atoms with Gasteiger partial charge in [0.25, 0.3) is 5.91 Å². The van der Waals surface area contributed by atoms with E-state index in [-0.39, 0.29) is 17.8 Å². The van der Waals surface area contributed by atoms with Crippen LogP contribution in [0, 0.1) is 12.7 Å². The minimum absolute atomic E-state index is 0.0887. The number of rotatable bonds is 5. The first-order chi connectivity index (χ1) is 13.6. The second-order valence-corrected chi connectivity index (χ2v) is 7.15. The maximum Gasteiger partial charge on any atom is 0.275 e. The van der Waals surface area contributed by atoms with E-state index >= 15 is 0 Å². The number of amides is 1. The third kappa shape index (κ3) is 3.44. The average Bonchev–Trinajstić information content (AvgIpc) is 3.42. The molecule has 1 aliphatic rings. The van der Waals surface area contributed by atoms with Crippen molar-refractivity contribution in [3.63, 3.8) is 0 Å². The largest absolute Gasteiger partial charge is 0.443 e. The van der Waals surface area contributed by atoms with Gasteiger partial charge in [0.15, 0.2) is 5.69 Å². The summed E-state index contributed by atoms with van der Waals surface area (Å²) in [6.07, 6.45) is 4.74. The number of carbonyl (C=O) groups excluding carboxylic acids is 1. The van der Waals surface area contributed by atoms with Crippen LogP contribution in [0.15, 0.2) is 34.9 Å². The number of aromatic amines is 1. The number of hydrogen-bond acceptors (Lipinski definition) is 4. The summed E-state index contributed by atoms with van der Waals surface area (Å²) >= 11 is 0. The summed E-state index contributed by atoms with van der Waals surface area (Å²) in [4.78, 5) is 19.3. The van der Waals surface area contributed by atoms with Crippen LogP contribution < -0.4 is 0 Å². The molecule has 0 saturated carbocycles. The molecule has 0 radical (unpaired) electrons. The van der Waals surface area contributed by atoms with Crippen LogP contribution in [0.25, 0.3) is 0 Å². The van der Waals surface area contributed by atoms with E-state index in [1.54, 1.807) is 23.2 Å². The molecule has 0 aliphatic carbocycles. The quantitative estimate of drug-likeness (QED) is 0.724. The number of carbonyl (C=O) groups is 1. The van der Waals surface area contributed by atoms with E-state index in [1.165, 1.54) is 12.1 Å². The summed E-state index contributed by atoms with van der Waals surface area (Å²) in [5.41, 5.74) is 3.31. The number of aromatic nitrogens is 3. The zero-order valence-electron chi connectivity index (χ0n) is 16.0. The van der Waals surface area contributed by atoms with Crippen molar-refractivity contribution in [1.29, 1.82) is 0 Å². The van der Waals surface area contributed by atoms with Crippen LogP contribution in [0.4, 0.5) is 4.39 Å². The van der Waals surface area contributed by atoms with E-state index in [0.29, 0.717) is 30.3 Å². The highest BCUT2D eigenvalue weighted by molar-refractivity contribution is 5.94. The summed E-state index contributed by atoms with van der Waals surface area (Å²) in [6.45, 7) is 4.61. The lowest BCUT2D eigenvalue weighted by Crippen LogP contribution is -2.31. The van der Waals surface area contributed by atoms with E-state index in [1.807, 2.05) is 13.8 Å². The Hall–Kier alpha value is -2.96. The van der Waals surface area contributed by atoms with Crippen LogP contribution in [-0.2, 0) is 12.8 Å². The summed E-state index contributed by atoms with van der Waals surface area (Å²) in [7, 11) is 0. The maximum atomic E-state index is 13.1. The molecule has 1 aromatic carbocycles. The van der Waals surface area contributed by atoms with Crippen molar-refractivity contribution in [2.24, 2.45) is 0 Å². The number of aryl methyl sites for hydroxylation is 1.